The minimum absolute atomic E-state index is 0.0211. The smallest absolute Gasteiger partial charge is 0.178 e. The van der Waals surface area contributed by atoms with Crippen molar-refractivity contribution in [3.8, 4) is 0 Å². The zero-order chi connectivity index (χ0) is 13.3. The predicted octanol–water partition coefficient (Wildman–Crippen LogP) is 0.853. The van der Waals surface area contributed by atoms with Gasteiger partial charge in [-0.15, -0.1) is 0 Å². The van der Waals surface area contributed by atoms with Gasteiger partial charge in [-0.05, 0) is 12.3 Å². The Balaban J connectivity index is 2.38. The maximum absolute atomic E-state index is 13.8. The number of hydrogen-bond acceptors (Lipinski definition) is 5. The number of pyridine rings is 1. The number of anilines is 2. The number of nitrogens with two attached hydrogens (primary N) is 1. The van der Waals surface area contributed by atoms with Gasteiger partial charge in [-0.25, -0.2) is 19.6 Å². The Bertz CT molecular complexity index is 443. The lowest BCUT2D eigenvalue weighted by Crippen LogP contribution is -2.36. The molecule has 0 bridgehead atoms. The average molecular weight is 258 g/mol. The molecule has 0 spiro atoms. The summed E-state index contributed by atoms with van der Waals surface area (Å²) in [6.07, 6.45) is 0.828. The molecule has 1 aliphatic heterocycles. The second-order valence-electron chi connectivity index (χ2n) is 4.48. The fraction of sp³-hybridized carbons (Fsp3) is 0.545. The minimum Gasteiger partial charge on any atom is -0.394 e. The van der Waals surface area contributed by atoms with Crippen LogP contribution in [-0.2, 0) is 0 Å². The molecule has 100 valence electrons. The van der Waals surface area contributed by atoms with E-state index in [-0.39, 0.29) is 30.2 Å². The van der Waals surface area contributed by atoms with E-state index in [4.69, 9.17) is 5.84 Å². The first-order chi connectivity index (χ1) is 8.58. The van der Waals surface area contributed by atoms with Crippen molar-refractivity contribution in [2.45, 2.75) is 19.4 Å². The van der Waals surface area contributed by atoms with E-state index in [1.807, 2.05) is 6.92 Å². The molecule has 1 aromatic heterocycles. The van der Waals surface area contributed by atoms with E-state index >= 15 is 0 Å². The van der Waals surface area contributed by atoms with Gasteiger partial charge in [-0.3, -0.25) is 0 Å². The van der Waals surface area contributed by atoms with Crippen LogP contribution in [0.25, 0.3) is 0 Å². The molecule has 0 aromatic carbocycles. The lowest BCUT2D eigenvalue weighted by molar-refractivity contribution is 0.244. The second kappa shape index (κ2) is 5.03. The highest BCUT2D eigenvalue weighted by atomic mass is 19.1. The normalized spacial score (nSPS) is 23.5. The third-order valence-electron chi connectivity index (χ3n) is 3.39. The largest absolute Gasteiger partial charge is 0.394 e. The van der Waals surface area contributed by atoms with Crippen molar-refractivity contribution in [2.24, 2.45) is 11.8 Å². The van der Waals surface area contributed by atoms with Crippen LogP contribution in [0.4, 0.5) is 20.4 Å². The van der Waals surface area contributed by atoms with Gasteiger partial charge in [-0.1, -0.05) is 6.92 Å². The van der Waals surface area contributed by atoms with Crippen molar-refractivity contribution < 1.29 is 13.9 Å². The highest BCUT2D eigenvalue weighted by Gasteiger charge is 2.33. The predicted molar refractivity (Wildman–Crippen MR) is 64.0 cm³/mol. The van der Waals surface area contributed by atoms with Gasteiger partial charge in [0.05, 0.1) is 12.6 Å². The number of rotatable bonds is 3. The molecule has 2 heterocycles. The first-order valence-corrected chi connectivity index (χ1v) is 5.78. The third-order valence-corrected chi connectivity index (χ3v) is 3.39. The van der Waals surface area contributed by atoms with E-state index in [9.17, 15) is 13.9 Å². The molecule has 0 amide bonds. The van der Waals surface area contributed by atoms with Crippen molar-refractivity contribution in [2.75, 3.05) is 23.5 Å². The molecule has 0 radical (unpaired) electrons. The van der Waals surface area contributed by atoms with Gasteiger partial charge < -0.3 is 15.4 Å². The Morgan fingerprint density at radius 1 is 1.56 bits per heavy atom. The molecule has 18 heavy (non-hydrogen) atoms. The van der Waals surface area contributed by atoms with Gasteiger partial charge in [0.25, 0.3) is 0 Å². The average Bonchev–Trinajstić information content (AvgIpc) is 2.70. The van der Waals surface area contributed by atoms with Crippen LogP contribution < -0.4 is 16.2 Å². The summed E-state index contributed by atoms with van der Waals surface area (Å²) in [5, 5.41) is 9.33. The number of aromatic nitrogens is 1. The Hall–Kier alpha value is -1.47. The number of nitrogens with zero attached hydrogens (tertiary/aromatic N) is 2. The third kappa shape index (κ3) is 2.11. The molecular formula is C11H16F2N4O. The zero-order valence-electron chi connectivity index (χ0n) is 10.0. The lowest BCUT2D eigenvalue weighted by atomic mass is 10.0. The number of nitrogen functional groups attached to an aromatic ring is 1. The number of aliphatic hydroxyl groups is 1. The van der Waals surface area contributed by atoms with Crippen molar-refractivity contribution in [1.29, 1.82) is 0 Å². The molecule has 7 heteroatoms. The van der Waals surface area contributed by atoms with Crippen molar-refractivity contribution in [3.63, 3.8) is 0 Å². The lowest BCUT2D eigenvalue weighted by Gasteiger charge is -2.26. The van der Waals surface area contributed by atoms with E-state index in [1.165, 1.54) is 0 Å². The summed E-state index contributed by atoms with van der Waals surface area (Å²) in [6.45, 7) is 2.46. The Labute approximate surface area is 104 Å². The molecule has 1 fully saturated rings. The summed E-state index contributed by atoms with van der Waals surface area (Å²) in [6, 6.07) is 0.540. The fourth-order valence-corrected chi connectivity index (χ4v) is 2.31. The molecule has 2 atom stereocenters. The van der Waals surface area contributed by atoms with Crippen molar-refractivity contribution >= 4 is 11.6 Å². The standard InChI is InChI=1S/C11H16F2N4O/c1-6-2-3-17(9(6)5-18)11-8(13)4-7(12)10(15-11)16-14/h4,6,9,18H,2-3,5,14H2,1H3,(H,15,16). The van der Waals surface area contributed by atoms with E-state index in [1.54, 1.807) is 4.90 Å². The van der Waals surface area contributed by atoms with Gasteiger partial charge in [0, 0.05) is 12.6 Å². The van der Waals surface area contributed by atoms with Gasteiger partial charge in [-0.2, -0.15) is 0 Å². The summed E-state index contributed by atoms with van der Waals surface area (Å²) in [5.41, 5.74) is 2.09. The maximum atomic E-state index is 13.8. The molecule has 1 aliphatic rings. The first kappa shape index (κ1) is 13.0. The van der Waals surface area contributed by atoms with Gasteiger partial charge in [0.1, 0.15) is 0 Å². The maximum Gasteiger partial charge on any atom is 0.178 e. The van der Waals surface area contributed by atoms with Crippen LogP contribution in [0.5, 0.6) is 0 Å². The molecule has 0 aliphatic carbocycles. The Morgan fingerprint density at radius 3 is 2.89 bits per heavy atom. The van der Waals surface area contributed by atoms with Crippen molar-refractivity contribution in [3.05, 3.63) is 17.7 Å². The van der Waals surface area contributed by atoms with Crippen LogP contribution >= 0.6 is 0 Å². The van der Waals surface area contributed by atoms with Gasteiger partial charge in [0.2, 0.25) is 0 Å². The van der Waals surface area contributed by atoms with Crippen LogP contribution in [0.1, 0.15) is 13.3 Å². The number of nitrogens with one attached hydrogen (secondary N) is 1. The minimum atomic E-state index is -0.841. The number of halogens is 2. The van der Waals surface area contributed by atoms with Gasteiger partial charge >= 0.3 is 0 Å². The number of hydrogen-bond donors (Lipinski definition) is 3. The van der Waals surface area contributed by atoms with Crippen molar-refractivity contribution in [1.82, 2.24) is 4.98 Å². The number of hydrazine groups is 1. The monoisotopic (exact) mass is 258 g/mol. The summed E-state index contributed by atoms with van der Waals surface area (Å²) in [7, 11) is 0. The van der Waals surface area contributed by atoms with Gasteiger partial charge in [0.15, 0.2) is 23.3 Å². The van der Waals surface area contributed by atoms with E-state index in [2.05, 4.69) is 10.4 Å². The first-order valence-electron chi connectivity index (χ1n) is 5.78. The summed E-state index contributed by atoms with van der Waals surface area (Å²) in [4.78, 5) is 5.49. The quantitative estimate of drug-likeness (QED) is 0.553. The molecule has 4 N–H and O–H groups in total. The fourth-order valence-electron chi connectivity index (χ4n) is 2.31. The molecular weight excluding hydrogens is 242 g/mol. The molecule has 2 rings (SSSR count). The van der Waals surface area contributed by atoms with Crippen LogP contribution in [0.15, 0.2) is 6.07 Å². The van der Waals surface area contributed by atoms with E-state index < -0.39 is 11.6 Å². The molecule has 1 aromatic rings. The molecule has 2 unspecified atom stereocenters. The Morgan fingerprint density at radius 2 is 2.28 bits per heavy atom. The van der Waals surface area contributed by atoms with Crippen LogP contribution in [-0.4, -0.2) is 29.3 Å². The van der Waals surface area contributed by atoms with Crippen LogP contribution in [0.2, 0.25) is 0 Å². The number of aliphatic hydroxyl groups excluding tert-OH is 1. The highest BCUT2D eigenvalue weighted by Crippen LogP contribution is 2.31. The molecule has 0 saturated carbocycles. The highest BCUT2D eigenvalue weighted by molar-refractivity contribution is 5.50. The molecule has 1 saturated heterocycles. The SMILES string of the molecule is CC1CCN(c2nc(NN)c(F)cc2F)C1CO. The molecule has 5 nitrogen and oxygen atoms in total. The zero-order valence-corrected chi connectivity index (χ0v) is 10.0. The summed E-state index contributed by atoms with van der Waals surface area (Å²) in [5.74, 6) is 3.58. The summed E-state index contributed by atoms with van der Waals surface area (Å²) >= 11 is 0. The van der Waals surface area contributed by atoms with E-state index in [0.717, 1.165) is 12.5 Å². The second-order valence-corrected chi connectivity index (χ2v) is 4.48. The topological polar surface area (TPSA) is 74.4 Å². The summed E-state index contributed by atoms with van der Waals surface area (Å²) < 4.78 is 27.0. The van der Waals surface area contributed by atoms with Crippen LogP contribution in [0.3, 0.4) is 0 Å². The Kier molecular flexibility index (Phi) is 3.63. The van der Waals surface area contributed by atoms with Crippen LogP contribution in [0, 0.1) is 17.6 Å². The van der Waals surface area contributed by atoms with E-state index in [0.29, 0.717) is 6.54 Å².